The SMILES string of the molecule is Clc1cccc(-c2nn3c(-c4cccs4)nnc3s2)c1. The fraction of sp³-hybridized carbons (Fsp3) is 0. The van der Waals surface area contributed by atoms with Crippen LogP contribution in [0.1, 0.15) is 0 Å². The molecule has 0 atom stereocenters. The van der Waals surface area contributed by atoms with Crippen LogP contribution in [0.3, 0.4) is 0 Å². The van der Waals surface area contributed by atoms with Crippen LogP contribution in [0.25, 0.3) is 26.2 Å². The molecule has 4 nitrogen and oxygen atoms in total. The van der Waals surface area contributed by atoms with Crippen LogP contribution in [-0.2, 0) is 0 Å². The van der Waals surface area contributed by atoms with Crippen LogP contribution < -0.4 is 0 Å². The Kier molecular flexibility index (Phi) is 2.80. The third-order valence-corrected chi connectivity index (χ3v) is 4.85. The number of halogens is 1. The minimum absolute atomic E-state index is 0.701. The molecular formula is C13H7ClN4S2. The van der Waals surface area contributed by atoms with E-state index in [0.717, 1.165) is 26.2 Å². The first-order chi connectivity index (χ1) is 9.81. The number of rotatable bonds is 2. The molecule has 0 aliphatic rings. The second kappa shape index (κ2) is 4.66. The van der Waals surface area contributed by atoms with Crippen molar-refractivity contribution >= 4 is 39.2 Å². The monoisotopic (exact) mass is 318 g/mol. The van der Waals surface area contributed by atoms with Crippen molar-refractivity contribution in [2.24, 2.45) is 0 Å². The van der Waals surface area contributed by atoms with Gasteiger partial charge in [0, 0.05) is 10.6 Å². The fourth-order valence-electron chi connectivity index (χ4n) is 1.91. The summed E-state index contributed by atoms with van der Waals surface area (Å²) in [6.07, 6.45) is 0. The molecule has 0 bridgehead atoms. The molecule has 0 unspecified atom stereocenters. The van der Waals surface area contributed by atoms with Crippen molar-refractivity contribution in [2.45, 2.75) is 0 Å². The predicted octanol–water partition coefficient (Wildman–Crippen LogP) is 4.23. The molecule has 0 saturated heterocycles. The summed E-state index contributed by atoms with van der Waals surface area (Å²) < 4.78 is 1.78. The molecule has 0 radical (unpaired) electrons. The van der Waals surface area contributed by atoms with Crippen molar-refractivity contribution in [3.05, 3.63) is 46.8 Å². The Morgan fingerprint density at radius 3 is 2.85 bits per heavy atom. The van der Waals surface area contributed by atoms with Crippen molar-refractivity contribution in [1.29, 1.82) is 0 Å². The Morgan fingerprint density at radius 1 is 1.10 bits per heavy atom. The number of fused-ring (bicyclic) bond motifs is 1. The van der Waals surface area contributed by atoms with Crippen LogP contribution in [0.4, 0.5) is 0 Å². The average Bonchev–Trinajstić information content (AvgIpc) is 3.14. The lowest BCUT2D eigenvalue weighted by molar-refractivity contribution is 0.974. The van der Waals surface area contributed by atoms with E-state index in [2.05, 4.69) is 15.3 Å². The lowest BCUT2D eigenvalue weighted by Gasteiger charge is -1.95. The fourth-order valence-corrected chi connectivity index (χ4v) is 3.63. The molecule has 0 saturated carbocycles. The molecule has 4 rings (SSSR count). The predicted molar refractivity (Wildman–Crippen MR) is 82.4 cm³/mol. The van der Waals surface area contributed by atoms with Crippen molar-refractivity contribution < 1.29 is 0 Å². The second-order valence-corrected chi connectivity index (χ2v) is 6.45. The first-order valence-corrected chi connectivity index (χ1v) is 7.91. The molecule has 4 aromatic rings. The summed E-state index contributed by atoms with van der Waals surface area (Å²) in [7, 11) is 0. The van der Waals surface area contributed by atoms with Crippen LogP contribution in [0.2, 0.25) is 5.02 Å². The average molecular weight is 319 g/mol. The minimum atomic E-state index is 0.701. The van der Waals surface area contributed by atoms with E-state index in [-0.39, 0.29) is 0 Å². The lowest BCUT2D eigenvalue weighted by atomic mass is 10.2. The summed E-state index contributed by atoms with van der Waals surface area (Å²) in [5, 5.41) is 16.6. The molecule has 0 amide bonds. The highest BCUT2D eigenvalue weighted by atomic mass is 35.5. The molecule has 7 heteroatoms. The molecule has 0 aliphatic heterocycles. The van der Waals surface area contributed by atoms with Gasteiger partial charge < -0.3 is 0 Å². The van der Waals surface area contributed by atoms with E-state index >= 15 is 0 Å². The van der Waals surface area contributed by atoms with Gasteiger partial charge in [-0.2, -0.15) is 9.61 Å². The normalized spacial score (nSPS) is 11.2. The third kappa shape index (κ3) is 1.93. The van der Waals surface area contributed by atoms with Gasteiger partial charge >= 0.3 is 0 Å². The van der Waals surface area contributed by atoms with E-state index in [1.54, 1.807) is 15.9 Å². The Morgan fingerprint density at radius 2 is 2.05 bits per heavy atom. The minimum Gasteiger partial charge on any atom is -0.181 e. The highest BCUT2D eigenvalue weighted by Gasteiger charge is 2.14. The van der Waals surface area contributed by atoms with Crippen molar-refractivity contribution in [3.63, 3.8) is 0 Å². The maximum Gasteiger partial charge on any atom is 0.235 e. The van der Waals surface area contributed by atoms with E-state index in [1.165, 1.54) is 11.3 Å². The van der Waals surface area contributed by atoms with Crippen molar-refractivity contribution in [1.82, 2.24) is 19.8 Å². The molecule has 3 aromatic heterocycles. The molecule has 1 aromatic carbocycles. The van der Waals surface area contributed by atoms with E-state index in [4.69, 9.17) is 11.6 Å². The Balaban J connectivity index is 1.88. The Labute approximate surface area is 127 Å². The summed E-state index contributed by atoms with van der Waals surface area (Å²) in [5.74, 6) is 0.777. The molecule has 20 heavy (non-hydrogen) atoms. The van der Waals surface area contributed by atoms with Gasteiger partial charge in [-0.1, -0.05) is 41.1 Å². The van der Waals surface area contributed by atoms with Gasteiger partial charge in [0.25, 0.3) is 0 Å². The second-order valence-electron chi connectivity index (χ2n) is 4.11. The van der Waals surface area contributed by atoms with Gasteiger partial charge in [-0.25, -0.2) is 0 Å². The van der Waals surface area contributed by atoms with Crippen LogP contribution in [0, 0.1) is 0 Å². The largest absolute Gasteiger partial charge is 0.235 e. The highest BCUT2D eigenvalue weighted by molar-refractivity contribution is 7.19. The summed E-state index contributed by atoms with van der Waals surface area (Å²) in [5.41, 5.74) is 0.991. The van der Waals surface area contributed by atoms with Gasteiger partial charge in [-0.15, -0.1) is 21.5 Å². The van der Waals surface area contributed by atoms with Gasteiger partial charge in [-0.05, 0) is 23.6 Å². The summed E-state index contributed by atoms with van der Waals surface area (Å²) >= 11 is 9.15. The zero-order valence-corrected chi connectivity index (χ0v) is 12.4. The zero-order chi connectivity index (χ0) is 13.5. The van der Waals surface area contributed by atoms with E-state index in [1.807, 2.05) is 41.8 Å². The van der Waals surface area contributed by atoms with Crippen LogP contribution in [0.5, 0.6) is 0 Å². The quantitative estimate of drug-likeness (QED) is 0.555. The maximum absolute atomic E-state index is 6.02. The summed E-state index contributed by atoms with van der Waals surface area (Å²) in [6.45, 7) is 0. The molecule has 98 valence electrons. The highest BCUT2D eigenvalue weighted by Crippen LogP contribution is 2.30. The molecule has 0 fully saturated rings. The summed E-state index contributed by atoms with van der Waals surface area (Å²) in [4.78, 5) is 1.84. The van der Waals surface area contributed by atoms with Crippen molar-refractivity contribution in [3.8, 4) is 21.3 Å². The Bertz CT molecular complexity index is 879. The molecule has 3 heterocycles. The van der Waals surface area contributed by atoms with Crippen molar-refractivity contribution in [2.75, 3.05) is 0 Å². The molecule has 0 N–H and O–H groups in total. The van der Waals surface area contributed by atoms with E-state index in [0.29, 0.717) is 5.02 Å². The summed E-state index contributed by atoms with van der Waals surface area (Å²) in [6, 6.07) is 11.7. The van der Waals surface area contributed by atoms with Gasteiger partial charge in [0.1, 0.15) is 5.01 Å². The standard InChI is InChI=1S/C13H7ClN4S2/c14-9-4-1-3-8(7-9)12-17-18-11(10-5-2-6-19-10)15-16-13(18)20-12/h1-7H. The first kappa shape index (κ1) is 12.0. The van der Waals surface area contributed by atoms with E-state index in [9.17, 15) is 0 Å². The third-order valence-electron chi connectivity index (χ3n) is 2.80. The lowest BCUT2D eigenvalue weighted by Crippen LogP contribution is -1.88. The number of benzene rings is 1. The zero-order valence-electron chi connectivity index (χ0n) is 10.0. The number of hydrogen-bond donors (Lipinski definition) is 0. The topological polar surface area (TPSA) is 43.1 Å². The number of thiophene rings is 1. The molecular weight excluding hydrogens is 312 g/mol. The van der Waals surface area contributed by atoms with Gasteiger partial charge in [0.15, 0.2) is 5.82 Å². The number of hydrogen-bond acceptors (Lipinski definition) is 5. The molecule has 0 aliphatic carbocycles. The maximum atomic E-state index is 6.02. The van der Waals surface area contributed by atoms with Crippen LogP contribution >= 0.6 is 34.3 Å². The van der Waals surface area contributed by atoms with Gasteiger partial charge in [0.05, 0.1) is 4.88 Å². The Hall–Kier alpha value is -1.76. The van der Waals surface area contributed by atoms with E-state index < -0.39 is 0 Å². The van der Waals surface area contributed by atoms with Crippen LogP contribution in [-0.4, -0.2) is 19.8 Å². The van der Waals surface area contributed by atoms with Crippen LogP contribution in [0.15, 0.2) is 41.8 Å². The number of nitrogens with zero attached hydrogens (tertiary/aromatic N) is 4. The first-order valence-electron chi connectivity index (χ1n) is 5.83. The van der Waals surface area contributed by atoms with Gasteiger partial charge in [0.2, 0.25) is 4.96 Å². The molecule has 0 spiro atoms. The smallest absolute Gasteiger partial charge is 0.181 e. The number of aromatic nitrogens is 4. The van der Waals surface area contributed by atoms with Gasteiger partial charge in [-0.3, -0.25) is 0 Å².